The lowest BCUT2D eigenvalue weighted by molar-refractivity contribution is 0.159. The highest BCUT2D eigenvalue weighted by atomic mass is 16.5. The Morgan fingerprint density at radius 3 is 2.08 bits per heavy atom. The van der Waals surface area contributed by atoms with Crippen LogP contribution in [0.4, 0.5) is 0 Å². The van der Waals surface area contributed by atoms with E-state index in [0.29, 0.717) is 5.92 Å². The van der Waals surface area contributed by atoms with Crippen molar-refractivity contribution in [2.45, 2.75) is 27.7 Å². The summed E-state index contributed by atoms with van der Waals surface area (Å²) in [6.07, 6.45) is 0. The molecule has 0 N–H and O–H groups in total. The summed E-state index contributed by atoms with van der Waals surface area (Å²) in [7, 11) is 4.11. The van der Waals surface area contributed by atoms with E-state index in [1.54, 1.807) is 0 Å². The SMILES string of the molecule is CC(C)=C(OCCN(C)C)C(C)C. The molecule has 0 rings (SSSR count). The number of likely N-dealkylation sites (N-methyl/N-ethyl adjacent to an activating group) is 1. The Kier molecular flexibility index (Phi) is 5.80. The molecule has 0 amide bonds. The molecule has 0 saturated heterocycles. The molecular weight excluding hydrogens is 162 g/mol. The summed E-state index contributed by atoms with van der Waals surface area (Å²) in [6, 6.07) is 0. The van der Waals surface area contributed by atoms with Crippen LogP contribution in [0.25, 0.3) is 0 Å². The van der Waals surface area contributed by atoms with Gasteiger partial charge in [-0.15, -0.1) is 0 Å². The summed E-state index contributed by atoms with van der Waals surface area (Å²) < 4.78 is 5.71. The zero-order valence-electron chi connectivity index (χ0n) is 9.85. The van der Waals surface area contributed by atoms with Crippen LogP contribution in [-0.4, -0.2) is 32.1 Å². The van der Waals surface area contributed by atoms with E-state index in [4.69, 9.17) is 4.74 Å². The van der Waals surface area contributed by atoms with E-state index in [1.165, 1.54) is 5.57 Å². The predicted molar refractivity (Wildman–Crippen MR) is 57.7 cm³/mol. The van der Waals surface area contributed by atoms with Crippen LogP contribution in [-0.2, 0) is 4.74 Å². The van der Waals surface area contributed by atoms with Crippen molar-refractivity contribution in [1.29, 1.82) is 0 Å². The van der Waals surface area contributed by atoms with E-state index >= 15 is 0 Å². The minimum atomic E-state index is 0.493. The number of allylic oxidation sites excluding steroid dienone is 2. The van der Waals surface area contributed by atoms with Crippen LogP contribution in [0.5, 0.6) is 0 Å². The Morgan fingerprint density at radius 1 is 1.23 bits per heavy atom. The van der Waals surface area contributed by atoms with Crippen LogP contribution in [0.2, 0.25) is 0 Å². The van der Waals surface area contributed by atoms with E-state index in [1.807, 2.05) is 0 Å². The molecule has 0 aromatic heterocycles. The van der Waals surface area contributed by atoms with Crippen molar-refractivity contribution < 1.29 is 4.74 Å². The Morgan fingerprint density at radius 2 is 1.77 bits per heavy atom. The van der Waals surface area contributed by atoms with Crippen molar-refractivity contribution in [2.24, 2.45) is 5.92 Å². The third kappa shape index (κ3) is 5.69. The third-order valence-corrected chi connectivity index (χ3v) is 1.81. The fourth-order valence-corrected chi connectivity index (χ4v) is 1.23. The summed E-state index contributed by atoms with van der Waals surface area (Å²) in [4.78, 5) is 2.13. The number of nitrogens with zero attached hydrogens (tertiary/aromatic N) is 1. The Bertz CT molecular complexity index is 167. The van der Waals surface area contributed by atoms with Gasteiger partial charge >= 0.3 is 0 Å². The van der Waals surface area contributed by atoms with E-state index in [9.17, 15) is 0 Å². The molecule has 0 atom stereocenters. The average Bonchev–Trinajstić information content (AvgIpc) is 1.95. The molecule has 0 aromatic carbocycles. The lowest BCUT2D eigenvalue weighted by Crippen LogP contribution is -2.18. The van der Waals surface area contributed by atoms with Gasteiger partial charge in [0.05, 0.1) is 5.76 Å². The molecule has 0 aromatic rings. The van der Waals surface area contributed by atoms with Gasteiger partial charge in [0, 0.05) is 12.5 Å². The normalized spacial score (nSPS) is 10.8. The number of hydrogen-bond acceptors (Lipinski definition) is 2. The molecule has 0 spiro atoms. The van der Waals surface area contributed by atoms with Gasteiger partial charge in [-0.05, 0) is 33.5 Å². The largest absolute Gasteiger partial charge is 0.496 e. The van der Waals surface area contributed by atoms with Gasteiger partial charge in [-0.3, -0.25) is 0 Å². The van der Waals surface area contributed by atoms with E-state index in [0.717, 1.165) is 18.9 Å². The van der Waals surface area contributed by atoms with E-state index in [-0.39, 0.29) is 0 Å². The molecule has 2 heteroatoms. The maximum Gasteiger partial charge on any atom is 0.100 e. The first-order valence-corrected chi connectivity index (χ1v) is 4.90. The molecule has 0 heterocycles. The second kappa shape index (κ2) is 6.03. The van der Waals surface area contributed by atoms with Gasteiger partial charge in [-0.25, -0.2) is 0 Å². The van der Waals surface area contributed by atoms with E-state index < -0.39 is 0 Å². The van der Waals surface area contributed by atoms with Crippen molar-refractivity contribution in [3.63, 3.8) is 0 Å². The van der Waals surface area contributed by atoms with Gasteiger partial charge in [0.2, 0.25) is 0 Å². The number of ether oxygens (including phenoxy) is 1. The minimum Gasteiger partial charge on any atom is -0.496 e. The molecule has 13 heavy (non-hydrogen) atoms. The van der Waals surface area contributed by atoms with Crippen molar-refractivity contribution in [3.8, 4) is 0 Å². The second-order valence-corrected chi connectivity index (χ2v) is 4.17. The first-order chi connectivity index (χ1) is 5.95. The summed E-state index contributed by atoms with van der Waals surface area (Å²) in [6.45, 7) is 10.3. The number of rotatable bonds is 5. The van der Waals surface area contributed by atoms with Crippen molar-refractivity contribution in [1.82, 2.24) is 4.90 Å². The highest BCUT2D eigenvalue weighted by Crippen LogP contribution is 2.15. The molecule has 78 valence electrons. The highest BCUT2D eigenvalue weighted by molar-refractivity contribution is 5.04. The molecule has 0 aliphatic heterocycles. The van der Waals surface area contributed by atoms with Crippen molar-refractivity contribution in [2.75, 3.05) is 27.2 Å². The fraction of sp³-hybridized carbons (Fsp3) is 0.818. The van der Waals surface area contributed by atoms with Crippen LogP contribution in [0.3, 0.4) is 0 Å². The van der Waals surface area contributed by atoms with Gasteiger partial charge in [-0.1, -0.05) is 13.8 Å². The van der Waals surface area contributed by atoms with E-state index in [2.05, 4.69) is 46.7 Å². The average molecular weight is 185 g/mol. The zero-order chi connectivity index (χ0) is 10.4. The lowest BCUT2D eigenvalue weighted by atomic mass is 10.1. The quantitative estimate of drug-likeness (QED) is 0.610. The maximum atomic E-state index is 5.71. The Balaban J connectivity index is 3.93. The molecule has 0 saturated carbocycles. The summed E-state index contributed by atoms with van der Waals surface area (Å²) >= 11 is 0. The Hall–Kier alpha value is -0.500. The van der Waals surface area contributed by atoms with Gasteiger partial charge in [-0.2, -0.15) is 0 Å². The summed E-state index contributed by atoms with van der Waals surface area (Å²) in [5.74, 6) is 1.63. The van der Waals surface area contributed by atoms with Crippen LogP contribution >= 0.6 is 0 Å². The first kappa shape index (κ1) is 12.5. The van der Waals surface area contributed by atoms with Gasteiger partial charge in [0.25, 0.3) is 0 Å². The zero-order valence-corrected chi connectivity index (χ0v) is 9.85. The molecule has 0 radical (unpaired) electrons. The molecule has 2 nitrogen and oxygen atoms in total. The summed E-state index contributed by atoms with van der Waals surface area (Å²) in [5.41, 5.74) is 1.29. The van der Waals surface area contributed by atoms with Crippen molar-refractivity contribution >= 4 is 0 Å². The highest BCUT2D eigenvalue weighted by Gasteiger charge is 2.06. The van der Waals surface area contributed by atoms with Crippen LogP contribution in [0.15, 0.2) is 11.3 Å². The monoisotopic (exact) mass is 185 g/mol. The second-order valence-electron chi connectivity index (χ2n) is 4.17. The van der Waals surface area contributed by atoms with Crippen LogP contribution in [0, 0.1) is 5.92 Å². The minimum absolute atomic E-state index is 0.493. The van der Waals surface area contributed by atoms with Gasteiger partial charge < -0.3 is 9.64 Å². The van der Waals surface area contributed by atoms with Crippen LogP contribution in [0.1, 0.15) is 27.7 Å². The van der Waals surface area contributed by atoms with Gasteiger partial charge in [0.1, 0.15) is 6.61 Å². The molecule has 0 bridgehead atoms. The molecule has 0 unspecified atom stereocenters. The third-order valence-electron chi connectivity index (χ3n) is 1.81. The predicted octanol–water partition coefficient (Wildman–Crippen LogP) is 2.51. The molecule has 0 aliphatic carbocycles. The number of hydrogen-bond donors (Lipinski definition) is 0. The lowest BCUT2D eigenvalue weighted by Gasteiger charge is -2.17. The molecule has 0 fully saturated rings. The van der Waals surface area contributed by atoms with Crippen LogP contribution < -0.4 is 0 Å². The maximum absolute atomic E-state index is 5.71. The fourth-order valence-electron chi connectivity index (χ4n) is 1.23. The summed E-state index contributed by atoms with van der Waals surface area (Å²) in [5, 5.41) is 0. The first-order valence-electron chi connectivity index (χ1n) is 4.90. The smallest absolute Gasteiger partial charge is 0.100 e. The standard InChI is InChI=1S/C11H23NO/c1-9(2)11(10(3)4)13-8-7-12(5)6/h9H,7-8H2,1-6H3. The molecular formula is C11H23NO. The van der Waals surface area contributed by atoms with Crippen molar-refractivity contribution in [3.05, 3.63) is 11.3 Å². The Labute approximate surface area is 82.6 Å². The van der Waals surface area contributed by atoms with Gasteiger partial charge in [0.15, 0.2) is 0 Å². The topological polar surface area (TPSA) is 12.5 Å². The molecule has 0 aliphatic rings.